The molecule has 2 aromatic carbocycles. The minimum absolute atomic E-state index is 0.0976. The third-order valence-electron chi connectivity index (χ3n) is 3.50. The zero-order chi connectivity index (χ0) is 19.4. The van der Waals surface area contributed by atoms with Crippen LogP contribution in [-0.2, 0) is 16.4 Å². The van der Waals surface area contributed by atoms with Crippen molar-refractivity contribution in [1.29, 1.82) is 0 Å². The van der Waals surface area contributed by atoms with Crippen LogP contribution in [0.1, 0.15) is 31.9 Å². The molecule has 0 atom stereocenters. The molecule has 3 N–H and O–H groups in total. The summed E-state index contributed by atoms with van der Waals surface area (Å²) in [6.45, 7) is 8.00. The highest BCUT2D eigenvalue weighted by Gasteiger charge is 2.16. The van der Waals surface area contributed by atoms with Crippen LogP contribution in [0.25, 0.3) is 0 Å². The van der Waals surface area contributed by atoms with Gasteiger partial charge in [0.05, 0.1) is 11.4 Å². The first-order valence-corrected chi connectivity index (χ1v) is 10.8. The van der Waals surface area contributed by atoms with Gasteiger partial charge in [0.2, 0.25) is 10.0 Å². The van der Waals surface area contributed by atoms with E-state index in [4.69, 9.17) is 0 Å². The Morgan fingerprint density at radius 3 is 2.46 bits per heavy atom. The lowest BCUT2D eigenvalue weighted by molar-refractivity contribution is 0.468. The molecule has 0 bridgehead atoms. The molecule has 7 heteroatoms. The molecule has 0 spiro atoms. The van der Waals surface area contributed by atoms with Crippen LogP contribution in [-0.4, -0.2) is 24.8 Å². The number of aryl methyl sites for hydroxylation is 2. The van der Waals surface area contributed by atoms with Crippen LogP contribution in [0.5, 0.6) is 5.75 Å². The highest BCUT2D eigenvalue weighted by atomic mass is 32.2. The number of benzene rings is 2. The molecule has 0 aliphatic rings. The zero-order valence-electron chi connectivity index (χ0n) is 15.5. The highest BCUT2D eigenvalue weighted by molar-refractivity contribution is 7.97. The molecule has 0 radical (unpaired) electrons. The van der Waals surface area contributed by atoms with Gasteiger partial charge in [-0.25, -0.2) is 8.42 Å². The number of anilines is 1. The summed E-state index contributed by atoms with van der Waals surface area (Å²) in [5, 5.41) is 9.94. The summed E-state index contributed by atoms with van der Waals surface area (Å²) in [5.41, 5.74) is 2.00. The Bertz CT molecular complexity index is 859. The van der Waals surface area contributed by atoms with Gasteiger partial charge in [-0.3, -0.25) is 9.44 Å². The van der Waals surface area contributed by atoms with E-state index in [0.717, 1.165) is 10.5 Å². The molecule has 0 amide bonds. The maximum Gasteiger partial charge on any atom is 0.233 e. The van der Waals surface area contributed by atoms with Crippen molar-refractivity contribution in [2.75, 3.05) is 10.5 Å². The van der Waals surface area contributed by atoms with E-state index in [1.807, 2.05) is 45.9 Å². The first-order valence-electron chi connectivity index (χ1n) is 8.38. The Kier molecular flexibility index (Phi) is 6.60. The summed E-state index contributed by atoms with van der Waals surface area (Å²) in [7, 11) is -3.54. The van der Waals surface area contributed by atoms with Crippen LogP contribution >= 0.6 is 11.9 Å². The van der Waals surface area contributed by atoms with Gasteiger partial charge < -0.3 is 5.11 Å². The summed E-state index contributed by atoms with van der Waals surface area (Å²) in [6.07, 6.45) is 0.247. The molecule has 0 saturated heterocycles. The molecule has 2 rings (SSSR count). The van der Waals surface area contributed by atoms with E-state index < -0.39 is 10.0 Å². The van der Waals surface area contributed by atoms with Crippen LogP contribution in [0, 0.1) is 6.92 Å². The Labute approximate surface area is 160 Å². The molecule has 0 aromatic heterocycles. The molecule has 0 saturated carbocycles. The third-order valence-corrected chi connectivity index (χ3v) is 6.06. The fourth-order valence-electron chi connectivity index (χ4n) is 2.20. The Morgan fingerprint density at radius 1 is 1.12 bits per heavy atom. The van der Waals surface area contributed by atoms with Crippen molar-refractivity contribution in [3.8, 4) is 5.75 Å². The van der Waals surface area contributed by atoms with Gasteiger partial charge in [-0.05, 0) is 75.4 Å². The number of para-hydroxylation sites is 1. The Morgan fingerprint density at radius 2 is 1.81 bits per heavy atom. The third kappa shape index (κ3) is 6.55. The number of phenolic OH excluding ortho intramolecular Hbond substituents is 1. The lowest BCUT2D eigenvalue weighted by Gasteiger charge is -2.20. The molecule has 0 heterocycles. The predicted octanol–water partition coefficient (Wildman–Crippen LogP) is 4.08. The lowest BCUT2D eigenvalue weighted by atomic mass is 10.1. The Hall–Kier alpha value is -1.70. The molecule has 5 nitrogen and oxygen atoms in total. The van der Waals surface area contributed by atoms with E-state index in [0.29, 0.717) is 11.3 Å². The molecule has 2 aromatic rings. The number of rotatable bonds is 7. The number of hydrogen-bond donors (Lipinski definition) is 3. The van der Waals surface area contributed by atoms with Gasteiger partial charge in [0.25, 0.3) is 0 Å². The minimum Gasteiger partial charge on any atom is -0.508 e. The summed E-state index contributed by atoms with van der Waals surface area (Å²) >= 11 is 1.40. The quantitative estimate of drug-likeness (QED) is 0.617. The first kappa shape index (κ1) is 20.6. The van der Waals surface area contributed by atoms with Crippen LogP contribution in [0.4, 0.5) is 5.69 Å². The standard InChI is InChI=1S/C19H26N2O3S2/c1-14-9-10-15(17(22)13-14)11-12-26(23,24)20-16-7-5-6-8-18(16)25-21-19(2,3)4/h5-10,13,20-22H,11-12H2,1-4H3. The Balaban J connectivity index is 2.07. The van der Waals surface area contributed by atoms with Gasteiger partial charge in [0.1, 0.15) is 5.75 Å². The van der Waals surface area contributed by atoms with Crippen molar-refractivity contribution in [1.82, 2.24) is 4.72 Å². The van der Waals surface area contributed by atoms with E-state index >= 15 is 0 Å². The van der Waals surface area contributed by atoms with Gasteiger partial charge in [-0.2, -0.15) is 0 Å². The maximum absolute atomic E-state index is 12.5. The molecule has 0 fully saturated rings. The first-order chi connectivity index (χ1) is 12.1. The number of aromatic hydroxyl groups is 1. The molecule has 0 aliphatic carbocycles. The topological polar surface area (TPSA) is 78.4 Å². The molecule has 0 unspecified atom stereocenters. The fraction of sp³-hybridized carbons (Fsp3) is 0.368. The average molecular weight is 395 g/mol. The molecular weight excluding hydrogens is 368 g/mol. The van der Waals surface area contributed by atoms with Gasteiger partial charge in [0.15, 0.2) is 0 Å². The van der Waals surface area contributed by atoms with Crippen LogP contribution in [0.2, 0.25) is 0 Å². The van der Waals surface area contributed by atoms with E-state index in [9.17, 15) is 13.5 Å². The predicted molar refractivity (Wildman–Crippen MR) is 109 cm³/mol. The van der Waals surface area contributed by atoms with E-state index in [1.54, 1.807) is 24.3 Å². The SMILES string of the molecule is Cc1ccc(CCS(=O)(=O)Nc2ccccc2SNC(C)(C)C)c(O)c1. The second-order valence-corrected chi connectivity index (χ2v) is 9.94. The van der Waals surface area contributed by atoms with Gasteiger partial charge in [-0.1, -0.05) is 24.3 Å². The van der Waals surface area contributed by atoms with E-state index in [1.165, 1.54) is 11.9 Å². The number of sulfonamides is 1. The van der Waals surface area contributed by atoms with Crippen molar-refractivity contribution >= 4 is 27.7 Å². The summed E-state index contributed by atoms with van der Waals surface area (Å²) in [5.74, 6) is 0.0283. The van der Waals surface area contributed by atoms with Crippen molar-refractivity contribution in [3.05, 3.63) is 53.6 Å². The minimum atomic E-state index is -3.54. The van der Waals surface area contributed by atoms with Crippen LogP contribution < -0.4 is 9.44 Å². The largest absolute Gasteiger partial charge is 0.508 e. The second-order valence-electron chi connectivity index (χ2n) is 7.25. The monoisotopic (exact) mass is 394 g/mol. The smallest absolute Gasteiger partial charge is 0.233 e. The van der Waals surface area contributed by atoms with Crippen molar-refractivity contribution < 1.29 is 13.5 Å². The van der Waals surface area contributed by atoms with Crippen LogP contribution in [0.3, 0.4) is 0 Å². The number of hydrogen-bond acceptors (Lipinski definition) is 5. The summed E-state index contributed by atoms with van der Waals surface area (Å²) in [6, 6.07) is 12.5. The summed E-state index contributed by atoms with van der Waals surface area (Å²) < 4.78 is 30.9. The zero-order valence-corrected chi connectivity index (χ0v) is 17.2. The normalized spacial score (nSPS) is 12.2. The van der Waals surface area contributed by atoms with Crippen molar-refractivity contribution in [3.63, 3.8) is 0 Å². The molecule has 26 heavy (non-hydrogen) atoms. The van der Waals surface area contributed by atoms with Crippen LogP contribution in [0.15, 0.2) is 47.4 Å². The number of nitrogens with one attached hydrogen (secondary N) is 2. The molecular formula is C19H26N2O3S2. The van der Waals surface area contributed by atoms with E-state index in [-0.39, 0.29) is 23.5 Å². The molecule has 142 valence electrons. The van der Waals surface area contributed by atoms with Gasteiger partial charge >= 0.3 is 0 Å². The van der Waals surface area contributed by atoms with E-state index in [2.05, 4.69) is 9.44 Å². The maximum atomic E-state index is 12.5. The van der Waals surface area contributed by atoms with Gasteiger partial charge in [-0.15, -0.1) is 0 Å². The van der Waals surface area contributed by atoms with Gasteiger partial charge in [0, 0.05) is 10.4 Å². The van der Waals surface area contributed by atoms with Crippen molar-refractivity contribution in [2.24, 2.45) is 0 Å². The molecule has 0 aliphatic heterocycles. The lowest BCUT2D eigenvalue weighted by Crippen LogP contribution is -2.30. The summed E-state index contributed by atoms with van der Waals surface area (Å²) in [4.78, 5) is 0.809. The average Bonchev–Trinajstić information content (AvgIpc) is 2.52. The second kappa shape index (κ2) is 8.33. The fourth-order valence-corrected chi connectivity index (χ4v) is 4.16. The van der Waals surface area contributed by atoms with Crippen molar-refractivity contribution in [2.45, 2.75) is 44.6 Å². The highest BCUT2D eigenvalue weighted by Crippen LogP contribution is 2.28. The number of phenols is 1.